The second-order valence-electron chi connectivity index (χ2n) is 4.13. The van der Waals surface area contributed by atoms with E-state index in [1.54, 1.807) is 0 Å². The van der Waals surface area contributed by atoms with Crippen molar-refractivity contribution < 1.29 is 5.11 Å². The number of aliphatic hydroxyl groups excluding tert-OH is 1. The van der Waals surface area contributed by atoms with Crippen LogP contribution in [0, 0.1) is 11.8 Å². The summed E-state index contributed by atoms with van der Waals surface area (Å²) in [4.78, 5) is 2.39. The van der Waals surface area contributed by atoms with Crippen LogP contribution in [0.25, 0.3) is 0 Å². The Morgan fingerprint density at radius 2 is 1.71 bits per heavy atom. The molecule has 3 N–H and O–H groups in total. The molecule has 14 heavy (non-hydrogen) atoms. The zero-order chi connectivity index (χ0) is 11.1. The van der Waals surface area contributed by atoms with Crippen LogP contribution in [-0.2, 0) is 0 Å². The lowest BCUT2D eigenvalue weighted by atomic mass is 9.89. The Morgan fingerprint density at radius 3 is 1.93 bits per heavy atom. The first kappa shape index (κ1) is 13.9. The van der Waals surface area contributed by atoms with Gasteiger partial charge in [0.25, 0.3) is 0 Å². The lowest BCUT2D eigenvalue weighted by Gasteiger charge is -2.37. The van der Waals surface area contributed by atoms with Crippen molar-refractivity contribution in [3.8, 4) is 0 Å². The van der Waals surface area contributed by atoms with Gasteiger partial charge in [-0.05, 0) is 25.6 Å². The molecule has 0 saturated heterocycles. The quantitative estimate of drug-likeness (QED) is 0.645. The van der Waals surface area contributed by atoms with Crippen molar-refractivity contribution in [2.45, 2.75) is 33.7 Å². The lowest BCUT2D eigenvalue weighted by molar-refractivity contribution is 0.0779. The molecule has 3 nitrogen and oxygen atoms in total. The number of nitrogens with two attached hydrogens (primary N) is 1. The van der Waals surface area contributed by atoms with Gasteiger partial charge < -0.3 is 15.7 Å². The van der Waals surface area contributed by atoms with E-state index >= 15 is 0 Å². The summed E-state index contributed by atoms with van der Waals surface area (Å²) in [6.45, 7) is 11.5. The lowest BCUT2D eigenvalue weighted by Crippen LogP contribution is -2.47. The molecular weight excluding hydrogens is 176 g/mol. The molecule has 0 aliphatic heterocycles. The van der Waals surface area contributed by atoms with Crippen LogP contribution in [0.15, 0.2) is 0 Å². The van der Waals surface area contributed by atoms with Crippen molar-refractivity contribution in [1.82, 2.24) is 4.90 Å². The van der Waals surface area contributed by atoms with E-state index in [1.165, 1.54) is 0 Å². The SMILES string of the molecule is CCN(CC)[C@@H](C(C)C)[C@H](CN)CO. The number of hydrogen-bond acceptors (Lipinski definition) is 3. The summed E-state index contributed by atoms with van der Waals surface area (Å²) in [5.41, 5.74) is 5.68. The maximum Gasteiger partial charge on any atom is 0.0486 e. The maximum atomic E-state index is 9.28. The second-order valence-corrected chi connectivity index (χ2v) is 4.13. The molecule has 3 heteroatoms. The topological polar surface area (TPSA) is 49.5 Å². The molecule has 0 heterocycles. The van der Waals surface area contributed by atoms with Gasteiger partial charge in [-0.25, -0.2) is 0 Å². The van der Waals surface area contributed by atoms with Crippen molar-refractivity contribution in [3.05, 3.63) is 0 Å². The smallest absolute Gasteiger partial charge is 0.0486 e. The molecule has 0 aromatic rings. The summed E-state index contributed by atoms with van der Waals surface area (Å²) in [6, 6.07) is 0.403. The van der Waals surface area contributed by atoms with Crippen LogP contribution in [0.4, 0.5) is 0 Å². The molecule has 0 fully saturated rings. The summed E-state index contributed by atoms with van der Waals surface area (Å²) >= 11 is 0. The van der Waals surface area contributed by atoms with Gasteiger partial charge in [-0.1, -0.05) is 27.7 Å². The number of rotatable bonds is 7. The van der Waals surface area contributed by atoms with Crippen LogP contribution in [0.1, 0.15) is 27.7 Å². The van der Waals surface area contributed by atoms with Crippen LogP contribution in [-0.4, -0.2) is 42.3 Å². The Labute approximate surface area is 88.3 Å². The maximum absolute atomic E-state index is 9.28. The normalized spacial score (nSPS) is 16.3. The van der Waals surface area contributed by atoms with Gasteiger partial charge in [0.1, 0.15) is 0 Å². The van der Waals surface area contributed by atoms with Gasteiger partial charge >= 0.3 is 0 Å². The third kappa shape index (κ3) is 3.56. The van der Waals surface area contributed by atoms with Crippen LogP contribution < -0.4 is 5.73 Å². The third-order valence-corrected chi connectivity index (χ3v) is 2.94. The van der Waals surface area contributed by atoms with Crippen molar-refractivity contribution in [2.24, 2.45) is 17.6 Å². The third-order valence-electron chi connectivity index (χ3n) is 2.94. The van der Waals surface area contributed by atoms with Crippen LogP contribution in [0.5, 0.6) is 0 Å². The molecule has 0 radical (unpaired) electrons. The second kappa shape index (κ2) is 7.21. The molecule has 0 saturated carbocycles. The molecule has 0 rings (SSSR count). The monoisotopic (exact) mass is 202 g/mol. The highest BCUT2D eigenvalue weighted by Gasteiger charge is 2.26. The Kier molecular flexibility index (Phi) is 7.15. The zero-order valence-corrected chi connectivity index (χ0v) is 10.0. The predicted octanol–water partition coefficient (Wildman–Crippen LogP) is 0.920. The molecule has 86 valence electrons. The van der Waals surface area contributed by atoms with Gasteiger partial charge in [0.15, 0.2) is 0 Å². The van der Waals surface area contributed by atoms with E-state index in [-0.39, 0.29) is 12.5 Å². The van der Waals surface area contributed by atoms with Gasteiger partial charge in [0.05, 0.1) is 0 Å². The first-order valence-corrected chi connectivity index (χ1v) is 5.67. The van der Waals surface area contributed by atoms with Crippen molar-refractivity contribution in [3.63, 3.8) is 0 Å². The Morgan fingerprint density at radius 1 is 1.21 bits per heavy atom. The Hall–Kier alpha value is -0.120. The molecule has 2 atom stereocenters. The average molecular weight is 202 g/mol. The fourth-order valence-corrected chi connectivity index (χ4v) is 2.23. The number of hydrogen-bond donors (Lipinski definition) is 2. The molecule has 0 bridgehead atoms. The van der Waals surface area contributed by atoms with Crippen LogP contribution >= 0.6 is 0 Å². The van der Waals surface area contributed by atoms with E-state index in [0.29, 0.717) is 18.5 Å². The van der Waals surface area contributed by atoms with Crippen LogP contribution in [0.2, 0.25) is 0 Å². The van der Waals surface area contributed by atoms with Gasteiger partial charge in [-0.15, -0.1) is 0 Å². The minimum Gasteiger partial charge on any atom is -0.396 e. The summed E-state index contributed by atoms with van der Waals surface area (Å²) in [7, 11) is 0. The number of aliphatic hydroxyl groups is 1. The molecule has 0 unspecified atom stereocenters. The molecular formula is C11H26N2O. The highest BCUT2D eigenvalue weighted by molar-refractivity contribution is 4.81. The fourth-order valence-electron chi connectivity index (χ4n) is 2.23. The van der Waals surface area contributed by atoms with Gasteiger partial charge in [0, 0.05) is 18.6 Å². The largest absolute Gasteiger partial charge is 0.396 e. The zero-order valence-electron chi connectivity index (χ0n) is 10.0. The number of nitrogens with zero attached hydrogens (tertiary/aromatic N) is 1. The van der Waals surface area contributed by atoms with E-state index in [1.807, 2.05) is 0 Å². The van der Waals surface area contributed by atoms with E-state index in [2.05, 4.69) is 32.6 Å². The standard InChI is InChI=1S/C11H26N2O/c1-5-13(6-2)11(9(3)4)10(7-12)8-14/h9-11,14H,5-8,12H2,1-4H3/t10-,11+/m1/s1. The first-order valence-electron chi connectivity index (χ1n) is 5.67. The van der Waals surface area contributed by atoms with E-state index in [0.717, 1.165) is 13.1 Å². The van der Waals surface area contributed by atoms with E-state index < -0.39 is 0 Å². The summed E-state index contributed by atoms with van der Waals surface area (Å²) in [6.07, 6.45) is 0. The van der Waals surface area contributed by atoms with Crippen molar-refractivity contribution >= 4 is 0 Å². The molecule has 0 aromatic heterocycles. The van der Waals surface area contributed by atoms with E-state index in [9.17, 15) is 5.11 Å². The summed E-state index contributed by atoms with van der Waals surface area (Å²) in [5, 5.41) is 9.28. The fraction of sp³-hybridized carbons (Fsp3) is 1.00. The average Bonchev–Trinajstić information content (AvgIpc) is 2.18. The van der Waals surface area contributed by atoms with Crippen LogP contribution in [0.3, 0.4) is 0 Å². The Balaban J connectivity index is 4.54. The molecule has 0 amide bonds. The van der Waals surface area contributed by atoms with E-state index in [4.69, 9.17) is 5.73 Å². The van der Waals surface area contributed by atoms with Crippen molar-refractivity contribution in [1.29, 1.82) is 0 Å². The van der Waals surface area contributed by atoms with Gasteiger partial charge in [-0.3, -0.25) is 0 Å². The molecule has 0 aliphatic rings. The van der Waals surface area contributed by atoms with Gasteiger partial charge in [0.2, 0.25) is 0 Å². The predicted molar refractivity (Wildman–Crippen MR) is 61.2 cm³/mol. The molecule has 0 aliphatic carbocycles. The minimum atomic E-state index is 0.190. The van der Waals surface area contributed by atoms with Gasteiger partial charge in [-0.2, -0.15) is 0 Å². The highest BCUT2D eigenvalue weighted by Crippen LogP contribution is 2.18. The molecule has 0 spiro atoms. The van der Waals surface area contributed by atoms with Crippen molar-refractivity contribution in [2.75, 3.05) is 26.2 Å². The Bertz CT molecular complexity index is 119. The molecule has 0 aromatic carbocycles. The first-order chi connectivity index (χ1) is 6.62. The summed E-state index contributed by atoms with van der Waals surface area (Å²) < 4.78 is 0. The minimum absolute atomic E-state index is 0.190. The highest BCUT2D eigenvalue weighted by atomic mass is 16.3. The summed E-state index contributed by atoms with van der Waals surface area (Å²) in [5.74, 6) is 0.741.